The molecule has 0 aromatic rings. The van der Waals surface area contributed by atoms with Crippen molar-refractivity contribution in [2.24, 2.45) is 0 Å². The van der Waals surface area contributed by atoms with Gasteiger partial charge < -0.3 is 5.32 Å². The van der Waals surface area contributed by atoms with Gasteiger partial charge in [0.25, 0.3) is 0 Å². The van der Waals surface area contributed by atoms with Crippen LogP contribution in [0.15, 0.2) is 0 Å². The van der Waals surface area contributed by atoms with Gasteiger partial charge in [0.1, 0.15) is 5.21 Å². The number of carbonyl (C=O) groups excluding carboxylic acids is 1. The molecule has 0 spiro atoms. The van der Waals surface area contributed by atoms with E-state index in [2.05, 4.69) is 10.0 Å². The number of nitrogens with one attached hydrogen (secondary N) is 2. The molecule has 0 saturated heterocycles. The van der Waals surface area contributed by atoms with Crippen molar-refractivity contribution >= 4 is 27.5 Å². The zero-order chi connectivity index (χ0) is 11.2. The molecule has 1 amide bonds. The second-order valence-electron chi connectivity index (χ2n) is 3.09. The molecule has 0 heterocycles. The molecule has 0 atom stereocenters. The maximum Gasteiger partial charge on any atom is 0.225 e. The Kier molecular flexibility index (Phi) is 6.06. The van der Waals surface area contributed by atoms with E-state index in [9.17, 15) is 13.2 Å². The van der Waals surface area contributed by atoms with Crippen LogP contribution in [0.1, 0.15) is 20.3 Å². The molecule has 0 radical (unpaired) electrons. The molecule has 0 rings (SSSR count). The lowest BCUT2D eigenvalue weighted by Crippen LogP contribution is -2.34. The molecule has 7 heteroatoms. The van der Waals surface area contributed by atoms with Crippen LogP contribution in [0.3, 0.4) is 0 Å². The highest BCUT2D eigenvalue weighted by Gasteiger charge is 2.08. The molecule has 0 aliphatic rings. The Balaban J connectivity index is 3.70. The molecule has 84 valence electrons. The summed E-state index contributed by atoms with van der Waals surface area (Å²) >= 11 is 5.14. The van der Waals surface area contributed by atoms with Crippen molar-refractivity contribution in [3.8, 4) is 0 Å². The maximum atomic E-state index is 11.0. The fraction of sp³-hybridized carbons (Fsp3) is 0.857. The number of amides is 1. The Morgan fingerprint density at radius 2 is 2.00 bits per heavy atom. The monoisotopic (exact) mass is 242 g/mol. The largest absolute Gasteiger partial charge is 0.354 e. The molecule has 0 unspecified atom stereocenters. The standard InChI is InChI=1S/C7H15ClN2O3S/c1-6(2)10-7(11)3-4-9-14(12,13)5-8/h6,9H,3-5H2,1-2H3,(H,10,11). The van der Waals surface area contributed by atoms with Crippen LogP contribution in [0, 0.1) is 0 Å². The summed E-state index contributed by atoms with van der Waals surface area (Å²) in [4.78, 5) is 11.0. The number of rotatable bonds is 6. The van der Waals surface area contributed by atoms with Gasteiger partial charge in [0.05, 0.1) is 0 Å². The Hall–Kier alpha value is -0.330. The molecule has 0 fully saturated rings. The van der Waals surface area contributed by atoms with Crippen molar-refractivity contribution in [3.63, 3.8) is 0 Å². The van der Waals surface area contributed by atoms with Crippen molar-refractivity contribution in [3.05, 3.63) is 0 Å². The van der Waals surface area contributed by atoms with E-state index in [0.717, 1.165) is 0 Å². The smallest absolute Gasteiger partial charge is 0.225 e. The fourth-order valence-corrected chi connectivity index (χ4v) is 1.47. The van der Waals surface area contributed by atoms with Crippen LogP contribution < -0.4 is 10.0 Å². The molecule has 0 saturated carbocycles. The molecule has 0 aromatic carbocycles. The molecular formula is C7H15ClN2O3S. The Morgan fingerprint density at radius 3 is 2.43 bits per heavy atom. The number of alkyl halides is 1. The van der Waals surface area contributed by atoms with E-state index in [-0.39, 0.29) is 24.9 Å². The predicted octanol–water partition coefficient (Wildman–Crippen LogP) is 0.0168. The maximum absolute atomic E-state index is 11.0. The van der Waals surface area contributed by atoms with Crippen LogP contribution in [0.4, 0.5) is 0 Å². The summed E-state index contributed by atoms with van der Waals surface area (Å²) in [6.45, 7) is 3.75. The lowest BCUT2D eigenvalue weighted by Gasteiger charge is -2.08. The average molecular weight is 243 g/mol. The molecule has 14 heavy (non-hydrogen) atoms. The zero-order valence-electron chi connectivity index (χ0n) is 8.21. The summed E-state index contributed by atoms with van der Waals surface area (Å²) < 4.78 is 23.8. The second kappa shape index (κ2) is 6.21. The van der Waals surface area contributed by atoms with Gasteiger partial charge in [-0.05, 0) is 13.8 Å². The van der Waals surface area contributed by atoms with Crippen molar-refractivity contribution in [2.45, 2.75) is 26.3 Å². The lowest BCUT2D eigenvalue weighted by atomic mass is 10.3. The normalized spacial score (nSPS) is 11.7. The van der Waals surface area contributed by atoms with Gasteiger partial charge in [0.2, 0.25) is 15.9 Å². The van der Waals surface area contributed by atoms with Gasteiger partial charge >= 0.3 is 0 Å². The summed E-state index contributed by atoms with van der Waals surface area (Å²) in [5, 5.41) is 2.15. The van der Waals surface area contributed by atoms with Crippen LogP contribution in [0.2, 0.25) is 0 Å². The molecule has 0 aliphatic carbocycles. The van der Waals surface area contributed by atoms with Crippen LogP contribution >= 0.6 is 11.6 Å². The molecule has 0 bridgehead atoms. The first kappa shape index (κ1) is 13.7. The van der Waals surface area contributed by atoms with Gasteiger partial charge in [-0.2, -0.15) is 0 Å². The highest BCUT2D eigenvalue weighted by Crippen LogP contribution is 1.89. The van der Waals surface area contributed by atoms with Crippen molar-refractivity contribution in [2.75, 3.05) is 11.8 Å². The first-order valence-electron chi connectivity index (χ1n) is 4.20. The summed E-state index contributed by atoms with van der Waals surface area (Å²) in [6.07, 6.45) is 0.119. The minimum Gasteiger partial charge on any atom is -0.354 e. The van der Waals surface area contributed by atoms with Gasteiger partial charge in [-0.3, -0.25) is 4.79 Å². The molecule has 2 N–H and O–H groups in total. The van der Waals surface area contributed by atoms with Crippen LogP contribution in [-0.2, 0) is 14.8 Å². The summed E-state index contributed by atoms with van der Waals surface area (Å²) in [5.41, 5.74) is 0. The van der Waals surface area contributed by atoms with E-state index in [1.807, 2.05) is 13.8 Å². The first-order chi connectivity index (χ1) is 6.37. The third kappa shape index (κ3) is 7.11. The van der Waals surface area contributed by atoms with Gasteiger partial charge in [0.15, 0.2) is 0 Å². The van der Waals surface area contributed by atoms with Crippen molar-refractivity contribution < 1.29 is 13.2 Å². The van der Waals surface area contributed by atoms with Crippen molar-refractivity contribution in [1.29, 1.82) is 0 Å². The van der Waals surface area contributed by atoms with Gasteiger partial charge in [-0.15, -0.1) is 11.6 Å². The van der Waals surface area contributed by atoms with Gasteiger partial charge in [-0.25, -0.2) is 13.1 Å². The molecule has 0 aliphatic heterocycles. The summed E-state index contributed by atoms with van der Waals surface area (Å²) in [6, 6.07) is 0.0622. The average Bonchev–Trinajstić information content (AvgIpc) is 2.02. The quantitative estimate of drug-likeness (QED) is 0.645. The number of hydrogen-bond donors (Lipinski definition) is 2. The highest BCUT2D eigenvalue weighted by atomic mass is 35.5. The topological polar surface area (TPSA) is 75.3 Å². The second-order valence-corrected chi connectivity index (χ2v) is 5.48. The SMILES string of the molecule is CC(C)NC(=O)CCNS(=O)(=O)CCl. The van der Waals surface area contributed by atoms with E-state index in [1.54, 1.807) is 0 Å². The van der Waals surface area contributed by atoms with E-state index >= 15 is 0 Å². The zero-order valence-corrected chi connectivity index (χ0v) is 9.78. The van der Waals surface area contributed by atoms with Gasteiger partial charge in [0, 0.05) is 19.0 Å². The lowest BCUT2D eigenvalue weighted by molar-refractivity contribution is -0.121. The first-order valence-corrected chi connectivity index (χ1v) is 6.38. The Bertz CT molecular complexity index is 277. The Labute approximate surface area is 89.3 Å². The highest BCUT2D eigenvalue weighted by molar-refractivity contribution is 7.90. The fourth-order valence-electron chi connectivity index (χ4n) is 0.753. The number of hydrogen-bond acceptors (Lipinski definition) is 3. The third-order valence-corrected chi connectivity index (χ3v) is 3.06. The third-order valence-electron chi connectivity index (χ3n) is 1.27. The summed E-state index contributed by atoms with van der Waals surface area (Å²) in [7, 11) is -3.41. The van der Waals surface area contributed by atoms with Crippen LogP contribution in [0.5, 0.6) is 0 Å². The Morgan fingerprint density at radius 1 is 1.43 bits per heavy atom. The summed E-state index contributed by atoms with van der Waals surface area (Å²) in [5.74, 6) is -0.183. The van der Waals surface area contributed by atoms with E-state index in [4.69, 9.17) is 11.6 Å². The minimum atomic E-state index is -3.41. The number of sulfonamides is 1. The van der Waals surface area contributed by atoms with E-state index in [0.29, 0.717) is 0 Å². The molecule has 5 nitrogen and oxygen atoms in total. The van der Waals surface area contributed by atoms with E-state index < -0.39 is 15.2 Å². The predicted molar refractivity (Wildman–Crippen MR) is 55.5 cm³/mol. The van der Waals surface area contributed by atoms with Crippen LogP contribution in [0.25, 0.3) is 0 Å². The number of carbonyl (C=O) groups is 1. The van der Waals surface area contributed by atoms with E-state index in [1.165, 1.54) is 0 Å². The van der Waals surface area contributed by atoms with Crippen LogP contribution in [-0.4, -0.2) is 32.1 Å². The molecular weight excluding hydrogens is 228 g/mol. The van der Waals surface area contributed by atoms with Crippen molar-refractivity contribution in [1.82, 2.24) is 10.0 Å². The van der Waals surface area contributed by atoms with Gasteiger partial charge in [-0.1, -0.05) is 0 Å². The molecule has 0 aromatic heterocycles. The minimum absolute atomic E-state index is 0.0622. The number of halogens is 1.